The summed E-state index contributed by atoms with van der Waals surface area (Å²) < 4.78 is 0. The normalized spacial score (nSPS) is 9.64. The van der Waals surface area contributed by atoms with Crippen molar-refractivity contribution in [3.8, 4) is 0 Å². The van der Waals surface area contributed by atoms with Crippen molar-refractivity contribution in [1.82, 2.24) is 0 Å². The molecule has 0 bridgehead atoms. The number of hydrogen-bond acceptors (Lipinski definition) is 2. The van der Waals surface area contributed by atoms with E-state index in [0.717, 1.165) is 5.56 Å². The third-order valence-corrected chi connectivity index (χ3v) is 1.94. The summed E-state index contributed by atoms with van der Waals surface area (Å²) in [5, 5.41) is 0. The van der Waals surface area contributed by atoms with Gasteiger partial charge >= 0.3 is 0 Å². The third kappa shape index (κ3) is 2.46. The first-order chi connectivity index (χ1) is 6.50. The quantitative estimate of drug-likeness (QED) is 0.574. The predicted molar refractivity (Wildman–Crippen MR) is 60.2 cm³/mol. The molecule has 0 radical (unpaired) electrons. The van der Waals surface area contributed by atoms with E-state index in [9.17, 15) is 4.79 Å². The van der Waals surface area contributed by atoms with Gasteiger partial charge < -0.3 is 5.73 Å². The van der Waals surface area contributed by atoms with Gasteiger partial charge in [-0.1, -0.05) is 23.8 Å². The summed E-state index contributed by atoms with van der Waals surface area (Å²) in [5.41, 5.74) is 9.28. The number of ketones is 1. The lowest BCUT2D eigenvalue weighted by Crippen LogP contribution is -1.96. The summed E-state index contributed by atoms with van der Waals surface area (Å²) in [4.78, 5) is 11.1. The number of allylic oxidation sites excluding steroid dienone is 1. The van der Waals surface area contributed by atoms with Gasteiger partial charge in [0.05, 0.1) is 0 Å². The molecule has 1 aromatic carbocycles. The maximum atomic E-state index is 11.1. The molecule has 0 aromatic heterocycles. The lowest BCUT2D eigenvalue weighted by Gasteiger charge is -2.03. The van der Waals surface area contributed by atoms with E-state index in [-0.39, 0.29) is 5.78 Å². The zero-order valence-electron chi connectivity index (χ0n) is 8.79. The molecule has 0 spiro atoms. The molecule has 0 aliphatic heterocycles. The summed E-state index contributed by atoms with van der Waals surface area (Å²) in [6.45, 7) is 5.56. The van der Waals surface area contributed by atoms with E-state index >= 15 is 0 Å². The second-order valence-corrected chi connectivity index (χ2v) is 3.62. The highest BCUT2D eigenvalue weighted by Gasteiger charge is 2.01. The molecule has 0 atom stereocenters. The molecule has 0 aliphatic rings. The molecule has 1 rings (SSSR count). The van der Waals surface area contributed by atoms with Crippen molar-refractivity contribution in [2.24, 2.45) is 0 Å². The summed E-state index contributed by atoms with van der Waals surface area (Å²) in [7, 11) is 0. The highest BCUT2D eigenvalue weighted by atomic mass is 16.1. The molecule has 0 unspecified atom stereocenters. The van der Waals surface area contributed by atoms with Gasteiger partial charge in [-0.05, 0) is 32.4 Å². The minimum atomic E-state index is 0.0421. The van der Waals surface area contributed by atoms with Gasteiger partial charge in [0.15, 0.2) is 5.78 Å². The van der Waals surface area contributed by atoms with Crippen LogP contribution in [0.3, 0.4) is 0 Å². The topological polar surface area (TPSA) is 43.1 Å². The van der Waals surface area contributed by atoms with Crippen molar-refractivity contribution in [3.63, 3.8) is 0 Å². The van der Waals surface area contributed by atoms with Crippen LogP contribution in [0.4, 0.5) is 5.69 Å². The van der Waals surface area contributed by atoms with Gasteiger partial charge in [0, 0.05) is 11.3 Å². The van der Waals surface area contributed by atoms with Gasteiger partial charge in [-0.25, -0.2) is 0 Å². The largest absolute Gasteiger partial charge is 0.398 e. The SMILES string of the molecule is CC(=O)c1ccc(C=C(C)C)c(N)c1. The maximum absolute atomic E-state index is 11.1. The average molecular weight is 189 g/mol. The van der Waals surface area contributed by atoms with E-state index in [2.05, 4.69) is 0 Å². The number of Topliss-reactive ketones (excluding diaryl/α,β-unsaturated/α-hetero) is 1. The Morgan fingerprint density at radius 3 is 2.36 bits per heavy atom. The molecule has 1 aromatic rings. The van der Waals surface area contributed by atoms with Crippen LogP contribution >= 0.6 is 0 Å². The number of nitrogen functional groups attached to an aromatic ring is 1. The molecule has 74 valence electrons. The molecule has 2 N–H and O–H groups in total. The molecule has 0 heterocycles. The number of rotatable bonds is 2. The zero-order chi connectivity index (χ0) is 10.7. The fraction of sp³-hybridized carbons (Fsp3) is 0.250. The van der Waals surface area contributed by atoms with E-state index < -0.39 is 0 Å². The Bertz CT molecular complexity index is 387. The first-order valence-electron chi connectivity index (χ1n) is 4.56. The Balaban J connectivity index is 3.14. The van der Waals surface area contributed by atoms with Gasteiger partial charge in [-0.2, -0.15) is 0 Å². The van der Waals surface area contributed by atoms with Crippen LogP contribution in [0, 0.1) is 0 Å². The lowest BCUT2D eigenvalue weighted by atomic mass is 10.1. The van der Waals surface area contributed by atoms with Crippen molar-refractivity contribution >= 4 is 17.5 Å². The second-order valence-electron chi connectivity index (χ2n) is 3.62. The smallest absolute Gasteiger partial charge is 0.159 e. The van der Waals surface area contributed by atoms with E-state index in [1.165, 1.54) is 12.5 Å². The molecule has 2 heteroatoms. The van der Waals surface area contributed by atoms with Crippen LogP contribution < -0.4 is 5.73 Å². The van der Waals surface area contributed by atoms with Crippen LogP contribution in [0.25, 0.3) is 6.08 Å². The maximum Gasteiger partial charge on any atom is 0.159 e. The molecule has 14 heavy (non-hydrogen) atoms. The minimum absolute atomic E-state index is 0.0421. The van der Waals surface area contributed by atoms with Gasteiger partial charge in [0.2, 0.25) is 0 Å². The van der Waals surface area contributed by atoms with Crippen molar-refractivity contribution < 1.29 is 4.79 Å². The molecule has 0 fully saturated rings. The fourth-order valence-corrected chi connectivity index (χ4v) is 1.24. The monoisotopic (exact) mass is 189 g/mol. The average Bonchev–Trinajstić information content (AvgIpc) is 2.07. The van der Waals surface area contributed by atoms with Crippen molar-refractivity contribution in [3.05, 3.63) is 34.9 Å². The highest BCUT2D eigenvalue weighted by molar-refractivity contribution is 5.95. The second kappa shape index (κ2) is 4.09. The Kier molecular flexibility index (Phi) is 3.07. The molecule has 0 aliphatic carbocycles. The molecule has 0 saturated heterocycles. The van der Waals surface area contributed by atoms with Crippen molar-refractivity contribution in [1.29, 1.82) is 0 Å². The van der Waals surface area contributed by atoms with Crippen molar-refractivity contribution in [2.75, 3.05) is 5.73 Å². The van der Waals surface area contributed by atoms with E-state index in [0.29, 0.717) is 11.3 Å². The summed E-state index contributed by atoms with van der Waals surface area (Å²) in [6.07, 6.45) is 2.00. The van der Waals surface area contributed by atoms with Gasteiger partial charge in [-0.15, -0.1) is 0 Å². The summed E-state index contributed by atoms with van der Waals surface area (Å²) >= 11 is 0. The Labute approximate surface area is 84.4 Å². The number of hydrogen-bond donors (Lipinski definition) is 1. The first kappa shape index (κ1) is 10.5. The zero-order valence-corrected chi connectivity index (χ0v) is 8.79. The molecule has 0 amide bonds. The Hall–Kier alpha value is -1.57. The van der Waals surface area contributed by atoms with Crippen LogP contribution in [-0.4, -0.2) is 5.78 Å². The van der Waals surface area contributed by atoms with Crippen molar-refractivity contribution in [2.45, 2.75) is 20.8 Å². The lowest BCUT2D eigenvalue weighted by molar-refractivity contribution is 0.101. The first-order valence-corrected chi connectivity index (χ1v) is 4.56. The molecular formula is C12H15NO. The van der Waals surface area contributed by atoms with Crippen LogP contribution in [0.2, 0.25) is 0 Å². The van der Waals surface area contributed by atoms with E-state index in [1.807, 2.05) is 26.0 Å². The number of benzene rings is 1. The van der Waals surface area contributed by atoms with E-state index in [1.54, 1.807) is 12.1 Å². The van der Waals surface area contributed by atoms with E-state index in [4.69, 9.17) is 5.73 Å². The summed E-state index contributed by atoms with van der Waals surface area (Å²) in [6, 6.07) is 5.39. The molecular weight excluding hydrogens is 174 g/mol. The van der Waals surface area contributed by atoms with Crippen LogP contribution in [0.5, 0.6) is 0 Å². The number of nitrogens with two attached hydrogens (primary N) is 1. The minimum Gasteiger partial charge on any atom is -0.398 e. The molecule has 2 nitrogen and oxygen atoms in total. The van der Waals surface area contributed by atoms with Gasteiger partial charge in [0.1, 0.15) is 0 Å². The Morgan fingerprint density at radius 1 is 1.29 bits per heavy atom. The standard InChI is InChI=1S/C12H15NO/c1-8(2)6-11-5-4-10(9(3)14)7-12(11)13/h4-7H,13H2,1-3H3. The van der Waals surface area contributed by atoms with Crippen LogP contribution in [0.15, 0.2) is 23.8 Å². The Morgan fingerprint density at radius 2 is 1.93 bits per heavy atom. The predicted octanol–water partition coefficient (Wildman–Crippen LogP) is 2.89. The number of carbonyl (C=O) groups is 1. The number of anilines is 1. The highest BCUT2D eigenvalue weighted by Crippen LogP contribution is 2.17. The summed E-state index contributed by atoms with van der Waals surface area (Å²) in [5.74, 6) is 0.0421. The fourth-order valence-electron chi connectivity index (χ4n) is 1.24. The van der Waals surface area contributed by atoms with Gasteiger partial charge in [-0.3, -0.25) is 4.79 Å². The van der Waals surface area contributed by atoms with Gasteiger partial charge in [0.25, 0.3) is 0 Å². The third-order valence-electron chi connectivity index (χ3n) is 1.94. The van der Waals surface area contributed by atoms with Crippen LogP contribution in [-0.2, 0) is 0 Å². The molecule has 0 saturated carbocycles. The van der Waals surface area contributed by atoms with Crippen LogP contribution in [0.1, 0.15) is 36.7 Å². The number of carbonyl (C=O) groups excluding carboxylic acids is 1.